The average molecular weight is 822 g/mol. The van der Waals surface area contributed by atoms with Crippen LogP contribution in [0, 0.1) is 0 Å². The van der Waals surface area contributed by atoms with Crippen LogP contribution in [0.15, 0.2) is 0 Å². The highest BCUT2D eigenvalue weighted by Gasteiger charge is 2.14. The van der Waals surface area contributed by atoms with Crippen LogP contribution >= 0.6 is 0 Å². The molecule has 0 radical (unpaired) electrons. The number of nitrogens with zero attached hydrogens (tertiary/aromatic N) is 3. The summed E-state index contributed by atoms with van der Waals surface area (Å²) < 4.78 is 0. The van der Waals surface area contributed by atoms with Crippen molar-refractivity contribution in [2.45, 2.75) is 233 Å². The highest BCUT2D eigenvalue weighted by atomic mass is 16.3. The molecule has 0 saturated carbocycles. The van der Waals surface area contributed by atoms with Gasteiger partial charge in [0.15, 0.2) is 0 Å². The molecule has 0 atom stereocenters. The van der Waals surface area contributed by atoms with Gasteiger partial charge in [0.05, 0.1) is 6.61 Å². The minimum Gasteiger partial charge on any atom is -0.395 e. The lowest BCUT2D eigenvalue weighted by atomic mass is 10.0. The smallest absolute Gasteiger partial charge is 0.223 e. The molecule has 0 aromatic rings. The van der Waals surface area contributed by atoms with E-state index >= 15 is 0 Å². The SMILES string of the molecule is CCCCCCCCCCCCCCCCNC(=O)CCN(CCCNCCC(=O)N(CCCCCCCCCC)CCCCCCCCCC)CCN(C)CCO. The molecule has 0 rings (SSSR count). The molecule has 0 fully saturated rings. The number of likely N-dealkylation sites (N-methyl/N-ethyl adjacent to an activating group) is 1. The monoisotopic (exact) mass is 822 g/mol. The van der Waals surface area contributed by atoms with Gasteiger partial charge in [-0.1, -0.05) is 194 Å². The van der Waals surface area contributed by atoms with Crippen LogP contribution in [0.3, 0.4) is 0 Å². The molecule has 2 amide bonds. The average Bonchev–Trinajstić information content (AvgIpc) is 3.22. The molecule has 0 unspecified atom stereocenters. The van der Waals surface area contributed by atoms with Gasteiger partial charge in [0.2, 0.25) is 11.8 Å². The first-order valence-corrected chi connectivity index (χ1v) is 25.7. The molecule has 58 heavy (non-hydrogen) atoms. The summed E-state index contributed by atoms with van der Waals surface area (Å²) in [5.74, 6) is 0.468. The first kappa shape index (κ1) is 56.8. The third-order valence-corrected chi connectivity index (χ3v) is 12.0. The Morgan fingerprint density at radius 3 is 1.29 bits per heavy atom. The van der Waals surface area contributed by atoms with E-state index in [4.69, 9.17) is 0 Å². The van der Waals surface area contributed by atoms with Crippen LogP contribution in [0.1, 0.15) is 233 Å². The number of nitrogens with one attached hydrogen (secondary N) is 2. The van der Waals surface area contributed by atoms with E-state index in [0.29, 0.717) is 25.3 Å². The molecule has 8 heteroatoms. The summed E-state index contributed by atoms with van der Waals surface area (Å²) in [5.41, 5.74) is 0. The normalized spacial score (nSPS) is 11.6. The lowest BCUT2D eigenvalue weighted by Gasteiger charge is -2.25. The van der Waals surface area contributed by atoms with Crippen molar-refractivity contribution in [3.63, 3.8) is 0 Å². The van der Waals surface area contributed by atoms with E-state index in [-0.39, 0.29) is 12.5 Å². The predicted molar refractivity (Wildman–Crippen MR) is 253 cm³/mol. The quantitative estimate of drug-likeness (QED) is 0.0530. The van der Waals surface area contributed by atoms with E-state index in [1.165, 1.54) is 173 Å². The lowest BCUT2D eigenvalue weighted by molar-refractivity contribution is -0.131. The van der Waals surface area contributed by atoms with E-state index in [1.54, 1.807) is 0 Å². The number of unbranched alkanes of at least 4 members (excludes halogenated alkanes) is 27. The summed E-state index contributed by atoms with van der Waals surface area (Å²) in [6.45, 7) is 15.3. The second-order valence-electron chi connectivity index (χ2n) is 17.7. The summed E-state index contributed by atoms with van der Waals surface area (Å²) in [7, 11) is 2.04. The Balaban J connectivity index is 4.41. The van der Waals surface area contributed by atoms with E-state index in [9.17, 15) is 14.7 Å². The van der Waals surface area contributed by atoms with Crippen molar-refractivity contribution in [2.75, 3.05) is 79.1 Å². The Hall–Kier alpha value is -1.22. The fraction of sp³-hybridized carbons (Fsp3) is 0.960. The zero-order chi connectivity index (χ0) is 42.4. The number of aliphatic hydroxyl groups is 1. The molecule has 0 aliphatic rings. The van der Waals surface area contributed by atoms with Gasteiger partial charge in [0.25, 0.3) is 0 Å². The van der Waals surface area contributed by atoms with Crippen LogP contribution in [0.4, 0.5) is 0 Å². The summed E-state index contributed by atoms with van der Waals surface area (Å²) in [5, 5.41) is 16.1. The first-order chi connectivity index (χ1) is 28.5. The number of hydrogen-bond donors (Lipinski definition) is 3. The van der Waals surface area contributed by atoms with Crippen molar-refractivity contribution in [3.8, 4) is 0 Å². The maximum Gasteiger partial charge on any atom is 0.223 e. The number of carbonyl (C=O) groups is 2. The number of hydrogen-bond acceptors (Lipinski definition) is 6. The fourth-order valence-electron chi connectivity index (χ4n) is 7.97. The summed E-state index contributed by atoms with van der Waals surface area (Å²) in [6.07, 6.45) is 41.7. The third-order valence-electron chi connectivity index (χ3n) is 12.0. The second kappa shape index (κ2) is 46.8. The van der Waals surface area contributed by atoms with Crippen molar-refractivity contribution < 1.29 is 14.7 Å². The molecular weight excluding hydrogens is 719 g/mol. The first-order valence-electron chi connectivity index (χ1n) is 25.7. The molecule has 0 aromatic heterocycles. The zero-order valence-electron chi connectivity index (χ0n) is 39.7. The van der Waals surface area contributed by atoms with Crippen molar-refractivity contribution in [3.05, 3.63) is 0 Å². The topological polar surface area (TPSA) is 88.2 Å². The zero-order valence-corrected chi connectivity index (χ0v) is 39.7. The van der Waals surface area contributed by atoms with Crippen molar-refractivity contribution in [1.82, 2.24) is 25.3 Å². The van der Waals surface area contributed by atoms with E-state index in [0.717, 1.165) is 84.6 Å². The molecule has 0 spiro atoms. The maximum atomic E-state index is 13.4. The van der Waals surface area contributed by atoms with E-state index < -0.39 is 0 Å². The Bertz CT molecular complexity index is 826. The fourth-order valence-corrected chi connectivity index (χ4v) is 7.97. The number of amides is 2. The van der Waals surface area contributed by atoms with Gasteiger partial charge < -0.3 is 30.4 Å². The van der Waals surface area contributed by atoms with Gasteiger partial charge in [-0.25, -0.2) is 0 Å². The van der Waals surface area contributed by atoms with Gasteiger partial charge in [0, 0.05) is 65.2 Å². The van der Waals surface area contributed by atoms with Crippen LogP contribution in [-0.4, -0.2) is 111 Å². The summed E-state index contributed by atoms with van der Waals surface area (Å²) in [6, 6.07) is 0. The molecule has 0 aliphatic carbocycles. The minimum absolute atomic E-state index is 0.156. The molecule has 0 heterocycles. The Labute approximate surface area is 362 Å². The Morgan fingerprint density at radius 1 is 0.414 bits per heavy atom. The van der Waals surface area contributed by atoms with E-state index in [1.807, 2.05) is 7.05 Å². The minimum atomic E-state index is 0.156. The van der Waals surface area contributed by atoms with Crippen LogP contribution in [0.2, 0.25) is 0 Å². The van der Waals surface area contributed by atoms with Crippen LogP contribution < -0.4 is 10.6 Å². The van der Waals surface area contributed by atoms with Crippen LogP contribution in [0.5, 0.6) is 0 Å². The molecular formula is C50H103N5O3. The highest BCUT2D eigenvalue weighted by Crippen LogP contribution is 2.14. The maximum absolute atomic E-state index is 13.4. The number of rotatable bonds is 48. The van der Waals surface area contributed by atoms with Crippen LogP contribution in [-0.2, 0) is 9.59 Å². The molecule has 0 bridgehead atoms. The van der Waals surface area contributed by atoms with E-state index in [2.05, 4.69) is 46.1 Å². The van der Waals surface area contributed by atoms with Gasteiger partial charge in [-0.05, 0) is 45.8 Å². The standard InChI is InChI=1S/C50H103N5O3/c1-5-8-11-14-17-20-21-22-23-24-25-26-29-32-39-52-49(57)37-44-54(46-45-53(4)47-48-56)41-35-38-51-40-36-50(58)55(42-33-30-27-18-15-12-9-6-2)43-34-31-28-19-16-13-10-7-3/h51,56H,5-48H2,1-4H3,(H,52,57). The van der Waals surface area contributed by atoms with Gasteiger partial charge in [-0.3, -0.25) is 9.59 Å². The molecule has 346 valence electrons. The lowest BCUT2D eigenvalue weighted by Crippen LogP contribution is -2.38. The summed E-state index contributed by atoms with van der Waals surface area (Å²) >= 11 is 0. The van der Waals surface area contributed by atoms with Crippen molar-refractivity contribution in [2.24, 2.45) is 0 Å². The molecule has 0 aliphatic heterocycles. The highest BCUT2D eigenvalue weighted by molar-refractivity contribution is 5.76. The second-order valence-corrected chi connectivity index (χ2v) is 17.7. The van der Waals surface area contributed by atoms with Crippen molar-refractivity contribution >= 4 is 11.8 Å². The van der Waals surface area contributed by atoms with Gasteiger partial charge in [-0.15, -0.1) is 0 Å². The Morgan fingerprint density at radius 2 is 0.845 bits per heavy atom. The molecule has 0 saturated heterocycles. The van der Waals surface area contributed by atoms with Crippen LogP contribution in [0.25, 0.3) is 0 Å². The van der Waals surface area contributed by atoms with Crippen molar-refractivity contribution in [1.29, 1.82) is 0 Å². The van der Waals surface area contributed by atoms with Gasteiger partial charge in [0.1, 0.15) is 0 Å². The Kier molecular flexibility index (Phi) is 45.9. The largest absolute Gasteiger partial charge is 0.395 e. The van der Waals surface area contributed by atoms with Gasteiger partial charge >= 0.3 is 0 Å². The van der Waals surface area contributed by atoms with Gasteiger partial charge in [-0.2, -0.15) is 0 Å². The number of carbonyl (C=O) groups excluding carboxylic acids is 2. The molecule has 3 N–H and O–H groups in total. The third kappa shape index (κ3) is 41.5. The number of aliphatic hydroxyl groups excluding tert-OH is 1. The predicted octanol–water partition coefficient (Wildman–Crippen LogP) is 11.7. The molecule has 8 nitrogen and oxygen atoms in total. The summed E-state index contributed by atoms with van der Waals surface area (Å²) in [4.78, 5) is 32.8. The molecule has 0 aromatic carbocycles.